The average Bonchev–Trinajstić information content (AvgIpc) is 2.96. The van der Waals surface area contributed by atoms with E-state index in [2.05, 4.69) is 5.32 Å². The molecule has 8 heteroatoms. The molecule has 1 N–H and O–H groups in total. The molecule has 5 nitrogen and oxygen atoms in total. The van der Waals surface area contributed by atoms with Crippen molar-refractivity contribution in [2.75, 3.05) is 38.1 Å². The van der Waals surface area contributed by atoms with Gasteiger partial charge in [-0.3, -0.25) is 9.59 Å². The summed E-state index contributed by atoms with van der Waals surface area (Å²) >= 11 is 0. The van der Waals surface area contributed by atoms with Crippen molar-refractivity contribution in [2.45, 2.75) is 19.3 Å². The number of hydrogen-bond acceptors (Lipinski definition) is 3. The van der Waals surface area contributed by atoms with E-state index in [9.17, 15) is 18.4 Å². The lowest BCUT2D eigenvalue weighted by molar-refractivity contribution is -0.137. The predicted octanol–water partition coefficient (Wildman–Crippen LogP) is 2.20. The van der Waals surface area contributed by atoms with Gasteiger partial charge in [-0.15, -0.1) is 12.4 Å². The van der Waals surface area contributed by atoms with Crippen molar-refractivity contribution in [3.63, 3.8) is 0 Å². The highest BCUT2D eigenvalue weighted by Gasteiger charge is 2.39. The van der Waals surface area contributed by atoms with Gasteiger partial charge in [0, 0.05) is 32.1 Å². The summed E-state index contributed by atoms with van der Waals surface area (Å²) < 4.78 is 27.0. The molecule has 2 unspecified atom stereocenters. The Hall–Kier alpha value is -1.73. The minimum atomic E-state index is -0.784. The topological polar surface area (TPSA) is 52.7 Å². The molecule has 2 aliphatic heterocycles. The van der Waals surface area contributed by atoms with Crippen molar-refractivity contribution in [3.8, 4) is 0 Å². The van der Waals surface area contributed by atoms with Crippen LogP contribution in [-0.4, -0.2) is 49.9 Å². The van der Waals surface area contributed by atoms with Crippen molar-refractivity contribution in [2.24, 2.45) is 11.8 Å². The second-order valence-electron chi connectivity index (χ2n) is 6.85. The van der Waals surface area contributed by atoms with Crippen molar-refractivity contribution in [1.82, 2.24) is 10.2 Å². The SMILES string of the molecule is CNCC1CCCN(C(=O)C2CC(=O)N(c3ccc(F)cc3F)C2)C1.Cl. The maximum Gasteiger partial charge on any atom is 0.228 e. The average molecular weight is 388 g/mol. The highest BCUT2D eigenvalue weighted by Crippen LogP contribution is 2.29. The van der Waals surface area contributed by atoms with Crippen LogP contribution in [-0.2, 0) is 9.59 Å². The molecule has 0 saturated carbocycles. The number of amides is 2. The summed E-state index contributed by atoms with van der Waals surface area (Å²) in [5, 5.41) is 3.14. The Balaban J connectivity index is 0.00000243. The third-order valence-corrected chi connectivity index (χ3v) is 5.00. The van der Waals surface area contributed by atoms with E-state index in [-0.39, 0.29) is 42.9 Å². The maximum absolute atomic E-state index is 14.0. The normalized spacial score (nSPS) is 23.1. The first-order valence-corrected chi connectivity index (χ1v) is 8.68. The van der Waals surface area contributed by atoms with Gasteiger partial charge in [-0.1, -0.05) is 0 Å². The second kappa shape index (κ2) is 8.77. The van der Waals surface area contributed by atoms with Gasteiger partial charge in [-0.2, -0.15) is 0 Å². The van der Waals surface area contributed by atoms with Crippen LogP contribution in [0.3, 0.4) is 0 Å². The number of nitrogens with zero attached hydrogens (tertiary/aromatic N) is 2. The number of likely N-dealkylation sites (tertiary alicyclic amines) is 1. The third kappa shape index (κ3) is 4.32. The molecule has 144 valence electrons. The van der Waals surface area contributed by atoms with Gasteiger partial charge in [-0.05, 0) is 44.5 Å². The fraction of sp³-hybridized carbons (Fsp3) is 0.556. The van der Waals surface area contributed by atoms with Crippen LogP contribution < -0.4 is 10.2 Å². The number of benzene rings is 1. The van der Waals surface area contributed by atoms with E-state index in [4.69, 9.17) is 0 Å². The van der Waals surface area contributed by atoms with Gasteiger partial charge in [-0.25, -0.2) is 8.78 Å². The lowest BCUT2D eigenvalue weighted by atomic mass is 9.96. The molecular weight excluding hydrogens is 364 g/mol. The number of rotatable bonds is 4. The van der Waals surface area contributed by atoms with Crippen molar-refractivity contribution >= 4 is 29.9 Å². The largest absolute Gasteiger partial charge is 0.342 e. The Kier molecular flexibility index (Phi) is 6.94. The second-order valence-corrected chi connectivity index (χ2v) is 6.85. The molecule has 0 bridgehead atoms. The number of carbonyl (C=O) groups is 2. The monoisotopic (exact) mass is 387 g/mol. The first-order chi connectivity index (χ1) is 12.0. The summed E-state index contributed by atoms with van der Waals surface area (Å²) in [6.07, 6.45) is 2.11. The molecule has 2 atom stereocenters. The molecule has 2 saturated heterocycles. The van der Waals surface area contributed by atoms with Crippen LogP contribution in [0.5, 0.6) is 0 Å². The van der Waals surface area contributed by atoms with E-state index in [0.717, 1.165) is 31.5 Å². The number of piperidine rings is 1. The van der Waals surface area contributed by atoms with Gasteiger partial charge in [0.05, 0.1) is 11.6 Å². The van der Waals surface area contributed by atoms with E-state index >= 15 is 0 Å². The Labute approximate surface area is 158 Å². The molecule has 0 aromatic heterocycles. The van der Waals surface area contributed by atoms with Gasteiger partial charge < -0.3 is 15.1 Å². The van der Waals surface area contributed by atoms with Gasteiger partial charge in [0.1, 0.15) is 11.6 Å². The van der Waals surface area contributed by atoms with E-state index < -0.39 is 17.6 Å². The Morgan fingerprint density at radius 1 is 1.31 bits per heavy atom. The lowest BCUT2D eigenvalue weighted by Crippen LogP contribution is -2.45. The first-order valence-electron chi connectivity index (χ1n) is 8.68. The Morgan fingerprint density at radius 2 is 2.08 bits per heavy atom. The molecule has 0 radical (unpaired) electrons. The summed E-state index contributed by atoms with van der Waals surface area (Å²) in [6, 6.07) is 3.12. The summed E-state index contributed by atoms with van der Waals surface area (Å²) in [7, 11) is 1.89. The first kappa shape index (κ1) is 20.6. The highest BCUT2D eigenvalue weighted by molar-refractivity contribution is 6.00. The fourth-order valence-electron chi connectivity index (χ4n) is 3.78. The molecule has 2 heterocycles. The fourth-order valence-corrected chi connectivity index (χ4v) is 3.78. The van der Waals surface area contributed by atoms with Crippen LogP contribution in [0.2, 0.25) is 0 Å². The highest BCUT2D eigenvalue weighted by atomic mass is 35.5. The minimum absolute atomic E-state index is 0. The maximum atomic E-state index is 14.0. The summed E-state index contributed by atoms with van der Waals surface area (Å²) in [4.78, 5) is 28.1. The lowest BCUT2D eigenvalue weighted by Gasteiger charge is -2.34. The van der Waals surface area contributed by atoms with Crippen molar-refractivity contribution < 1.29 is 18.4 Å². The third-order valence-electron chi connectivity index (χ3n) is 5.00. The Bertz CT molecular complexity index is 672. The Morgan fingerprint density at radius 3 is 2.77 bits per heavy atom. The molecule has 2 amide bonds. The number of hydrogen-bond donors (Lipinski definition) is 1. The molecule has 0 aliphatic carbocycles. The zero-order valence-corrected chi connectivity index (χ0v) is 15.5. The molecular formula is C18H24ClF2N3O2. The smallest absolute Gasteiger partial charge is 0.228 e. The summed E-state index contributed by atoms with van der Waals surface area (Å²) in [5.74, 6) is -1.86. The van der Waals surface area contributed by atoms with Gasteiger partial charge in [0.2, 0.25) is 11.8 Å². The minimum Gasteiger partial charge on any atom is -0.342 e. The number of anilines is 1. The standard InChI is InChI=1S/C18H23F2N3O2.ClH/c1-21-9-12-3-2-6-22(10-12)18(25)13-7-17(24)23(11-13)16-5-4-14(19)8-15(16)20;/h4-5,8,12-13,21H,2-3,6-7,9-11H2,1H3;1H. The summed E-state index contributed by atoms with van der Waals surface area (Å²) in [5.41, 5.74) is 0.0356. The molecule has 2 aliphatic rings. The van der Waals surface area contributed by atoms with Gasteiger partial charge in [0.25, 0.3) is 0 Å². The molecule has 1 aromatic carbocycles. The van der Waals surface area contributed by atoms with E-state index in [1.54, 1.807) is 0 Å². The summed E-state index contributed by atoms with van der Waals surface area (Å²) in [6.45, 7) is 2.40. The quantitative estimate of drug-likeness (QED) is 0.861. The van der Waals surface area contributed by atoms with Crippen LogP contribution in [0.15, 0.2) is 18.2 Å². The number of carbonyl (C=O) groups excluding carboxylic acids is 2. The van der Waals surface area contributed by atoms with Gasteiger partial charge >= 0.3 is 0 Å². The van der Waals surface area contributed by atoms with Crippen LogP contribution in [0.25, 0.3) is 0 Å². The van der Waals surface area contributed by atoms with Crippen LogP contribution in [0, 0.1) is 23.5 Å². The number of nitrogens with one attached hydrogen (secondary N) is 1. The van der Waals surface area contributed by atoms with Crippen LogP contribution >= 0.6 is 12.4 Å². The molecule has 2 fully saturated rings. The number of halogens is 3. The van der Waals surface area contributed by atoms with Crippen LogP contribution in [0.4, 0.5) is 14.5 Å². The molecule has 0 spiro atoms. The van der Waals surface area contributed by atoms with E-state index in [1.165, 1.54) is 11.0 Å². The molecule has 3 rings (SSSR count). The van der Waals surface area contributed by atoms with E-state index in [0.29, 0.717) is 19.0 Å². The van der Waals surface area contributed by atoms with Crippen molar-refractivity contribution in [3.05, 3.63) is 29.8 Å². The zero-order chi connectivity index (χ0) is 18.0. The predicted molar refractivity (Wildman–Crippen MR) is 97.3 cm³/mol. The molecule has 1 aromatic rings. The molecule has 26 heavy (non-hydrogen) atoms. The van der Waals surface area contributed by atoms with Gasteiger partial charge in [0.15, 0.2) is 0 Å². The van der Waals surface area contributed by atoms with Crippen LogP contribution in [0.1, 0.15) is 19.3 Å². The zero-order valence-electron chi connectivity index (χ0n) is 14.7. The van der Waals surface area contributed by atoms with Crippen molar-refractivity contribution in [1.29, 1.82) is 0 Å². The van der Waals surface area contributed by atoms with E-state index in [1.807, 2.05) is 11.9 Å².